The maximum atomic E-state index is 13.1. The third-order valence-corrected chi connectivity index (χ3v) is 1.71. The summed E-state index contributed by atoms with van der Waals surface area (Å²) in [6.07, 6.45) is 1.34. The molecular formula is C9H9BrFN. The van der Waals surface area contributed by atoms with Crippen LogP contribution < -0.4 is 0 Å². The second kappa shape index (κ2) is 4.89. The molecule has 0 aromatic heterocycles. The minimum absolute atomic E-state index is 0.256. The second-order valence-electron chi connectivity index (χ2n) is 2.20. The topological polar surface area (TPSA) is 23.8 Å². The van der Waals surface area contributed by atoms with Gasteiger partial charge in [-0.25, -0.2) is 4.39 Å². The standard InChI is InChI=1S/C9H9BrFN/c1-4-8(5-12)6(2)9(11)7(3)10/h4H,1H2,2-3H3/b8-6+,9-7-. The molecule has 0 heterocycles. The molecule has 0 unspecified atom stereocenters. The summed E-state index contributed by atoms with van der Waals surface area (Å²) in [7, 11) is 0. The summed E-state index contributed by atoms with van der Waals surface area (Å²) >= 11 is 2.99. The first-order chi connectivity index (χ1) is 5.54. The number of hydrogen-bond donors (Lipinski definition) is 0. The summed E-state index contributed by atoms with van der Waals surface area (Å²) in [5.41, 5.74) is 0.563. The van der Waals surface area contributed by atoms with E-state index in [0.717, 1.165) is 0 Å². The van der Waals surface area contributed by atoms with E-state index in [-0.39, 0.29) is 5.57 Å². The van der Waals surface area contributed by atoms with E-state index >= 15 is 0 Å². The zero-order chi connectivity index (χ0) is 9.72. The average molecular weight is 230 g/mol. The molecule has 0 aromatic rings. The zero-order valence-corrected chi connectivity index (χ0v) is 8.57. The highest BCUT2D eigenvalue weighted by molar-refractivity contribution is 9.11. The van der Waals surface area contributed by atoms with E-state index in [1.807, 2.05) is 6.07 Å². The molecule has 0 rings (SSSR count). The van der Waals surface area contributed by atoms with Gasteiger partial charge in [0.1, 0.15) is 5.83 Å². The first-order valence-electron chi connectivity index (χ1n) is 3.30. The Bertz CT molecular complexity index is 290. The van der Waals surface area contributed by atoms with E-state index in [4.69, 9.17) is 5.26 Å². The SMILES string of the molecule is C=C/C(C#N)=C(C)\C(F)=C(/C)Br. The summed E-state index contributed by atoms with van der Waals surface area (Å²) in [4.78, 5) is 0. The molecule has 3 heteroatoms. The van der Waals surface area contributed by atoms with Crippen LogP contribution in [0.25, 0.3) is 0 Å². The van der Waals surface area contributed by atoms with Gasteiger partial charge in [-0.15, -0.1) is 0 Å². The fraction of sp³-hybridized carbons (Fsp3) is 0.222. The van der Waals surface area contributed by atoms with Gasteiger partial charge in [-0.2, -0.15) is 5.26 Å². The van der Waals surface area contributed by atoms with E-state index < -0.39 is 5.83 Å². The van der Waals surface area contributed by atoms with Crippen LogP contribution in [0.15, 0.2) is 34.1 Å². The Hall–Kier alpha value is -0.880. The summed E-state index contributed by atoms with van der Waals surface area (Å²) in [6.45, 7) is 6.53. The Balaban J connectivity index is 5.19. The van der Waals surface area contributed by atoms with Crippen molar-refractivity contribution in [2.24, 2.45) is 0 Å². The number of nitriles is 1. The van der Waals surface area contributed by atoms with Gasteiger partial charge < -0.3 is 0 Å². The normalized spacial score (nSPS) is 14.2. The molecule has 0 spiro atoms. The Morgan fingerprint density at radius 1 is 1.58 bits per heavy atom. The molecule has 0 saturated heterocycles. The van der Waals surface area contributed by atoms with Gasteiger partial charge in [0.05, 0.1) is 11.6 Å². The first-order valence-corrected chi connectivity index (χ1v) is 4.09. The maximum absolute atomic E-state index is 13.1. The minimum Gasteiger partial charge on any atom is -0.206 e. The van der Waals surface area contributed by atoms with Crippen molar-refractivity contribution >= 4 is 15.9 Å². The van der Waals surface area contributed by atoms with E-state index in [1.165, 1.54) is 6.08 Å². The van der Waals surface area contributed by atoms with Gasteiger partial charge in [0.15, 0.2) is 0 Å². The number of nitrogens with zero attached hydrogens (tertiary/aromatic N) is 1. The molecule has 0 N–H and O–H groups in total. The Morgan fingerprint density at radius 3 is 2.33 bits per heavy atom. The Labute approximate surface area is 80.0 Å². The van der Waals surface area contributed by atoms with Crippen LogP contribution in [0.4, 0.5) is 4.39 Å². The molecule has 0 aliphatic heterocycles. The van der Waals surface area contributed by atoms with Crippen LogP contribution in [0.5, 0.6) is 0 Å². The molecule has 1 nitrogen and oxygen atoms in total. The van der Waals surface area contributed by atoms with E-state index in [9.17, 15) is 4.39 Å². The van der Waals surface area contributed by atoms with Crippen molar-refractivity contribution in [3.8, 4) is 6.07 Å². The molecule has 0 aliphatic carbocycles. The summed E-state index contributed by atoms with van der Waals surface area (Å²) < 4.78 is 13.5. The van der Waals surface area contributed by atoms with Crippen LogP contribution in [0.1, 0.15) is 13.8 Å². The lowest BCUT2D eigenvalue weighted by molar-refractivity contribution is 0.646. The number of halogens is 2. The highest BCUT2D eigenvalue weighted by Gasteiger charge is 2.05. The smallest absolute Gasteiger partial charge is 0.137 e. The molecule has 0 fully saturated rings. The molecule has 0 amide bonds. The molecule has 0 bridgehead atoms. The van der Waals surface area contributed by atoms with Crippen molar-refractivity contribution in [2.45, 2.75) is 13.8 Å². The highest BCUT2D eigenvalue weighted by atomic mass is 79.9. The van der Waals surface area contributed by atoms with E-state index in [0.29, 0.717) is 10.1 Å². The predicted molar refractivity (Wildman–Crippen MR) is 51.2 cm³/mol. The molecule has 0 atom stereocenters. The van der Waals surface area contributed by atoms with Crippen molar-refractivity contribution in [2.75, 3.05) is 0 Å². The Morgan fingerprint density at radius 2 is 2.08 bits per heavy atom. The van der Waals surface area contributed by atoms with Crippen molar-refractivity contribution in [1.82, 2.24) is 0 Å². The summed E-state index contributed by atoms with van der Waals surface area (Å²) in [5.74, 6) is -0.411. The average Bonchev–Trinajstić information content (AvgIpc) is 2.05. The van der Waals surface area contributed by atoms with Crippen molar-refractivity contribution < 1.29 is 4.39 Å². The van der Waals surface area contributed by atoms with Crippen LogP contribution >= 0.6 is 15.9 Å². The third-order valence-electron chi connectivity index (χ3n) is 1.36. The van der Waals surface area contributed by atoms with Crippen LogP contribution in [-0.2, 0) is 0 Å². The predicted octanol–water partition coefficient (Wildman–Crippen LogP) is 3.61. The van der Waals surface area contributed by atoms with Crippen LogP contribution in [0.3, 0.4) is 0 Å². The van der Waals surface area contributed by atoms with Crippen molar-refractivity contribution in [3.05, 3.63) is 34.1 Å². The molecule has 12 heavy (non-hydrogen) atoms. The van der Waals surface area contributed by atoms with Gasteiger partial charge in [-0.1, -0.05) is 28.6 Å². The van der Waals surface area contributed by atoms with Crippen molar-refractivity contribution in [1.29, 1.82) is 5.26 Å². The largest absolute Gasteiger partial charge is 0.206 e. The van der Waals surface area contributed by atoms with Crippen LogP contribution in [-0.4, -0.2) is 0 Å². The minimum atomic E-state index is -0.411. The fourth-order valence-corrected chi connectivity index (χ4v) is 0.957. The lowest BCUT2D eigenvalue weighted by Crippen LogP contribution is -1.84. The van der Waals surface area contributed by atoms with Gasteiger partial charge >= 0.3 is 0 Å². The molecular weight excluding hydrogens is 221 g/mol. The number of hydrogen-bond acceptors (Lipinski definition) is 1. The van der Waals surface area contributed by atoms with Gasteiger partial charge in [-0.3, -0.25) is 0 Å². The lowest BCUT2D eigenvalue weighted by atomic mass is 10.1. The van der Waals surface area contributed by atoms with E-state index in [2.05, 4.69) is 22.5 Å². The Kier molecular flexibility index (Phi) is 4.53. The fourth-order valence-electron chi connectivity index (χ4n) is 0.659. The van der Waals surface area contributed by atoms with Gasteiger partial charge in [-0.05, 0) is 13.8 Å². The monoisotopic (exact) mass is 229 g/mol. The number of rotatable bonds is 2. The van der Waals surface area contributed by atoms with E-state index in [1.54, 1.807) is 13.8 Å². The third kappa shape index (κ3) is 2.63. The number of allylic oxidation sites excluding steroid dienone is 5. The van der Waals surface area contributed by atoms with Crippen LogP contribution in [0.2, 0.25) is 0 Å². The van der Waals surface area contributed by atoms with Gasteiger partial charge in [0.25, 0.3) is 0 Å². The highest BCUT2D eigenvalue weighted by Crippen LogP contribution is 2.22. The first kappa shape index (κ1) is 11.1. The van der Waals surface area contributed by atoms with Crippen LogP contribution in [0, 0.1) is 11.3 Å². The zero-order valence-electron chi connectivity index (χ0n) is 6.99. The van der Waals surface area contributed by atoms with Gasteiger partial charge in [0, 0.05) is 10.1 Å². The maximum Gasteiger partial charge on any atom is 0.137 e. The molecule has 0 aliphatic rings. The molecule has 0 saturated carbocycles. The molecule has 0 aromatic carbocycles. The van der Waals surface area contributed by atoms with Crippen molar-refractivity contribution in [3.63, 3.8) is 0 Å². The lowest BCUT2D eigenvalue weighted by Gasteiger charge is -1.99. The quantitative estimate of drug-likeness (QED) is 0.525. The molecule has 64 valence electrons. The van der Waals surface area contributed by atoms with Gasteiger partial charge in [0.2, 0.25) is 0 Å². The second-order valence-corrected chi connectivity index (χ2v) is 3.39. The summed E-state index contributed by atoms with van der Waals surface area (Å²) in [6, 6.07) is 1.85. The molecule has 0 radical (unpaired) electrons. The summed E-state index contributed by atoms with van der Waals surface area (Å²) in [5, 5.41) is 8.54.